The molecule has 3 nitrogen and oxygen atoms in total. The van der Waals surface area contributed by atoms with Crippen LogP contribution in [0.2, 0.25) is 0 Å². The molecule has 0 aliphatic heterocycles. The Morgan fingerprint density at radius 1 is 1.46 bits per heavy atom. The molecule has 0 bridgehead atoms. The molecule has 0 aromatic heterocycles. The van der Waals surface area contributed by atoms with Gasteiger partial charge in [0.2, 0.25) is 5.91 Å². The summed E-state index contributed by atoms with van der Waals surface area (Å²) in [6.45, 7) is 4.68. The molecule has 0 aromatic carbocycles. The van der Waals surface area contributed by atoms with Crippen molar-refractivity contribution in [3.63, 3.8) is 0 Å². The average Bonchev–Trinajstić information content (AvgIpc) is 2.08. The van der Waals surface area contributed by atoms with E-state index in [0.717, 1.165) is 12.8 Å². The molecule has 76 valence electrons. The van der Waals surface area contributed by atoms with Crippen LogP contribution in [0.3, 0.4) is 0 Å². The van der Waals surface area contributed by atoms with E-state index >= 15 is 0 Å². The summed E-state index contributed by atoms with van der Waals surface area (Å²) in [5.74, 6) is -0.0234. The van der Waals surface area contributed by atoms with Crippen LogP contribution in [0.1, 0.15) is 39.5 Å². The summed E-state index contributed by atoms with van der Waals surface area (Å²) in [5, 5.41) is 2.94. The molecule has 1 rings (SSSR count). The highest BCUT2D eigenvalue weighted by Gasteiger charge is 2.27. The highest BCUT2D eigenvalue weighted by molar-refractivity contribution is 5.78. The zero-order chi connectivity index (χ0) is 9.90. The second kappa shape index (κ2) is 4.09. The average molecular weight is 184 g/mol. The van der Waals surface area contributed by atoms with Crippen LogP contribution in [-0.2, 0) is 4.79 Å². The van der Waals surface area contributed by atoms with E-state index in [2.05, 4.69) is 19.2 Å². The molecule has 0 radical (unpaired) electrons. The number of rotatable bonds is 2. The number of amides is 1. The van der Waals surface area contributed by atoms with Crippen molar-refractivity contribution in [3.8, 4) is 0 Å². The van der Waals surface area contributed by atoms with Crippen LogP contribution in [0.25, 0.3) is 0 Å². The van der Waals surface area contributed by atoms with E-state index < -0.39 is 0 Å². The van der Waals surface area contributed by atoms with E-state index in [-0.39, 0.29) is 12.5 Å². The summed E-state index contributed by atoms with van der Waals surface area (Å²) < 4.78 is 0. The van der Waals surface area contributed by atoms with E-state index in [1.807, 2.05) is 0 Å². The van der Waals surface area contributed by atoms with E-state index in [9.17, 15) is 4.79 Å². The quantitative estimate of drug-likeness (QED) is 0.673. The van der Waals surface area contributed by atoms with Crippen LogP contribution in [0.4, 0.5) is 0 Å². The minimum absolute atomic E-state index is 0.0234. The summed E-state index contributed by atoms with van der Waals surface area (Å²) in [4.78, 5) is 11.0. The third-order valence-electron chi connectivity index (χ3n) is 2.89. The molecule has 0 saturated heterocycles. The van der Waals surface area contributed by atoms with Gasteiger partial charge in [-0.3, -0.25) is 4.79 Å². The van der Waals surface area contributed by atoms with E-state index in [1.54, 1.807) is 0 Å². The lowest BCUT2D eigenvalue weighted by Crippen LogP contribution is -2.41. The highest BCUT2D eigenvalue weighted by Crippen LogP contribution is 2.34. The lowest BCUT2D eigenvalue weighted by atomic mass is 9.75. The maximum Gasteiger partial charge on any atom is 0.233 e. The van der Waals surface area contributed by atoms with Crippen molar-refractivity contribution in [2.45, 2.75) is 45.6 Å². The molecule has 0 heterocycles. The molecule has 3 heteroatoms. The molecule has 1 aliphatic rings. The molecule has 1 fully saturated rings. The molecule has 0 atom stereocenters. The van der Waals surface area contributed by atoms with Crippen molar-refractivity contribution in [1.29, 1.82) is 0 Å². The van der Waals surface area contributed by atoms with Gasteiger partial charge in [-0.25, -0.2) is 0 Å². The van der Waals surface area contributed by atoms with Crippen molar-refractivity contribution in [2.24, 2.45) is 11.1 Å². The SMILES string of the molecule is CC1(C)CCC(NC(=O)CN)CC1. The maximum atomic E-state index is 11.0. The van der Waals surface area contributed by atoms with Gasteiger partial charge in [0.25, 0.3) is 0 Å². The first-order valence-corrected chi connectivity index (χ1v) is 5.03. The predicted molar refractivity (Wildman–Crippen MR) is 53.2 cm³/mol. The first kappa shape index (κ1) is 10.5. The fraction of sp³-hybridized carbons (Fsp3) is 0.900. The molecule has 0 aromatic rings. The molecular formula is C10H20N2O. The molecule has 3 N–H and O–H groups in total. The molecule has 1 amide bonds. The van der Waals surface area contributed by atoms with E-state index in [1.165, 1.54) is 12.8 Å². The van der Waals surface area contributed by atoms with Gasteiger partial charge in [0.1, 0.15) is 0 Å². The smallest absolute Gasteiger partial charge is 0.233 e. The Morgan fingerprint density at radius 3 is 2.46 bits per heavy atom. The zero-order valence-corrected chi connectivity index (χ0v) is 8.60. The Bertz CT molecular complexity index is 179. The van der Waals surface area contributed by atoms with Gasteiger partial charge in [-0.15, -0.1) is 0 Å². The monoisotopic (exact) mass is 184 g/mol. The Morgan fingerprint density at radius 2 is 2.00 bits per heavy atom. The first-order valence-electron chi connectivity index (χ1n) is 5.03. The molecule has 1 aliphatic carbocycles. The molecule has 0 spiro atoms. The van der Waals surface area contributed by atoms with Gasteiger partial charge < -0.3 is 11.1 Å². The second-order valence-electron chi connectivity index (χ2n) is 4.71. The Balaban J connectivity index is 2.29. The van der Waals surface area contributed by atoms with Crippen molar-refractivity contribution < 1.29 is 4.79 Å². The van der Waals surface area contributed by atoms with Crippen molar-refractivity contribution in [2.75, 3.05) is 6.54 Å². The van der Waals surface area contributed by atoms with Crippen molar-refractivity contribution in [1.82, 2.24) is 5.32 Å². The number of carbonyl (C=O) groups excluding carboxylic acids is 1. The van der Waals surface area contributed by atoms with Gasteiger partial charge >= 0.3 is 0 Å². The van der Waals surface area contributed by atoms with Gasteiger partial charge in [0, 0.05) is 6.04 Å². The van der Waals surface area contributed by atoms with Crippen LogP contribution in [-0.4, -0.2) is 18.5 Å². The van der Waals surface area contributed by atoms with E-state index in [0.29, 0.717) is 11.5 Å². The second-order valence-corrected chi connectivity index (χ2v) is 4.71. The summed E-state index contributed by atoms with van der Waals surface area (Å²) in [5.41, 5.74) is 5.69. The Hall–Kier alpha value is -0.570. The van der Waals surface area contributed by atoms with Crippen LogP contribution >= 0.6 is 0 Å². The Labute approximate surface area is 80.1 Å². The lowest BCUT2D eigenvalue weighted by molar-refractivity contribution is -0.120. The van der Waals surface area contributed by atoms with Crippen LogP contribution < -0.4 is 11.1 Å². The number of hydrogen-bond donors (Lipinski definition) is 2. The molecule has 1 saturated carbocycles. The zero-order valence-electron chi connectivity index (χ0n) is 8.60. The lowest BCUT2D eigenvalue weighted by Gasteiger charge is -2.34. The summed E-state index contributed by atoms with van der Waals surface area (Å²) >= 11 is 0. The minimum atomic E-state index is -0.0234. The van der Waals surface area contributed by atoms with Crippen molar-refractivity contribution >= 4 is 5.91 Å². The largest absolute Gasteiger partial charge is 0.352 e. The number of carbonyl (C=O) groups is 1. The standard InChI is InChI=1S/C10H20N2O/c1-10(2)5-3-8(4-6-10)12-9(13)7-11/h8H,3-7,11H2,1-2H3,(H,12,13). The fourth-order valence-electron chi connectivity index (χ4n) is 1.83. The number of nitrogens with two attached hydrogens (primary N) is 1. The van der Waals surface area contributed by atoms with Gasteiger partial charge in [-0.2, -0.15) is 0 Å². The number of hydrogen-bond acceptors (Lipinski definition) is 2. The molecular weight excluding hydrogens is 164 g/mol. The Kier molecular flexibility index (Phi) is 3.31. The van der Waals surface area contributed by atoms with Crippen LogP contribution in [0, 0.1) is 5.41 Å². The van der Waals surface area contributed by atoms with Gasteiger partial charge in [0.15, 0.2) is 0 Å². The third-order valence-corrected chi connectivity index (χ3v) is 2.89. The summed E-state index contributed by atoms with van der Waals surface area (Å²) in [6.07, 6.45) is 4.59. The topological polar surface area (TPSA) is 55.1 Å². The van der Waals surface area contributed by atoms with Crippen LogP contribution in [0.5, 0.6) is 0 Å². The molecule has 0 unspecified atom stereocenters. The first-order chi connectivity index (χ1) is 6.03. The highest BCUT2D eigenvalue weighted by atomic mass is 16.1. The minimum Gasteiger partial charge on any atom is -0.352 e. The number of nitrogens with one attached hydrogen (secondary N) is 1. The normalized spacial score (nSPS) is 22.7. The summed E-state index contributed by atoms with van der Waals surface area (Å²) in [6, 6.07) is 0.365. The van der Waals surface area contributed by atoms with E-state index in [4.69, 9.17) is 5.73 Å². The predicted octanol–water partition coefficient (Wildman–Crippen LogP) is 1.03. The fourth-order valence-corrected chi connectivity index (χ4v) is 1.83. The maximum absolute atomic E-state index is 11.0. The molecule has 13 heavy (non-hydrogen) atoms. The van der Waals surface area contributed by atoms with Crippen molar-refractivity contribution in [3.05, 3.63) is 0 Å². The third kappa shape index (κ3) is 3.35. The summed E-state index contributed by atoms with van der Waals surface area (Å²) in [7, 11) is 0. The van der Waals surface area contributed by atoms with Crippen LogP contribution in [0.15, 0.2) is 0 Å². The van der Waals surface area contributed by atoms with Gasteiger partial charge in [-0.05, 0) is 31.1 Å². The van der Waals surface area contributed by atoms with Gasteiger partial charge in [-0.1, -0.05) is 13.8 Å². The van der Waals surface area contributed by atoms with Gasteiger partial charge in [0.05, 0.1) is 6.54 Å².